The van der Waals surface area contributed by atoms with Gasteiger partial charge in [-0.3, -0.25) is 0 Å². The Kier molecular flexibility index (Phi) is 2.53. The van der Waals surface area contributed by atoms with Crippen molar-refractivity contribution >= 4 is 17.7 Å². The van der Waals surface area contributed by atoms with Crippen molar-refractivity contribution in [3.8, 4) is 0 Å². The summed E-state index contributed by atoms with van der Waals surface area (Å²) in [4.78, 5) is 10.8. The predicted octanol–water partition coefficient (Wildman–Crippen LogP) is 1.34. The maximum Gasteiger partial charge on any atom is 0.376 e. The Hall–Kier alpha value is -0.970. The highest BCUT2D eigenvalue weighted by atomic mass is 32.2. The molecule has 0 N–H and O–H groups in total. The first-order valence-corrected chi connectivity index (χ1v) is 3.73. The van der Waals surface area contributed by atoms with E-state index in [1.165, 1.54) is 13.2 Å². The Morgan fingerprint density at radius 2 is 2.64 bits per heavy atom. The number of carbonyl (C=O) groups is 1. The van der Waals surface area contributed by atoms with Gasteiger partial charge < -0.3 is 9.26 Å². The summed E-state index contributed by atoms with van der Waals surface area (Å²) in [6, 6.07) is 1.48. The molecule has 11 heavy (non-hydrogen) atoms. The molecule has 0 unspecified atom stereocenters. The number of thioether (sulfide) groups is 1. The zero-order valence-corrected chi connectivity index (χ0v) is 6.68. The molecule has 5 heteroatoms. The fraction of sp³-hybridized carbons (Fsp3) is 0.167. The molecule has 59 valence electrons. The number of rotatable bonds is 2. The van der Waals surface area contributed by atoms with Crippen molar-refractivity contribution in [2.24, 2.45) is 0 Å². The predicted molar refractivity (Wildman–Crippen MR) is 39.1 cm³/mol. The number of nitrogens with zero attached hydrogens (tertiary/aromatic N) is 1. The Morgan fingerprint density at radius 3 is 3.09 bits per heavy atom. The molecule has 0 saturated carbocycles. The summed E-state index contributed by atoms with van der Waals surface area (Å²) < 4.78 is 9.01. The topological polar surface area (TPSA) is 52.3 Å². The standard InChI is InChI=1S/C6H6NO3S/c1-9-6(8)4-3-5(11-2)7-10-4/h3H,2H2,1H3. The molecule has 1 radical (unpaired) electrons. The lowest BCUT2D eigenvalue weighted by Crippen LogP contribution is -1.98. The SMILES string of the molecule is [CH2]Sc1cc(C(=O)OC)on1. The van der Waals surface area contributed by atoms with Crippen LogP contribution in [0.5, 0.6) is 0 Å². The van der Waals surface area contributed by atoms with Gasteiger partial charge in [-0.1, -0.05) is 5.16 Å². The number of methoxy groups -OCH3 is 1. The van der Waals surface area contributed by atoms with E-state index in [-0.39, 0.29) is 5.76 Å². The molecule has 1 aromatic heterocycles. The van der Waals surface area contributed by atoms with E-state index >= 15 is 0 Å². The van der Waals surface area contributed by atoms with Crippen molar-refractivity contribution < 1.29 is 14.1 Å². The molecular weight excluding hydrogens is 166 g/mol. The summed E-state index contributed by atoms with van der Waals surface area (Å²) in [6.07, 6.45) is 3.50. The minimum absolute atomic E-state index is 0.0960. The largest absolute Gasteiger partial charge is 0.463 e. The quantitative estimate of drug-likeness (QED) is 0.497. The van der Waals surface area contributed by atoms with Crippen LogP contribution in [0.2, 0.25) is 0 Å². The summed E-state index contributed by atoms with van der Waals surface area (Å²) in [5, 5.41) is 4.09. The number of hydrogen-bond donors (Lipinski definition) is 0. The maximum absolute atomic E-state index is 10.8. The van der Waals surface area contributed by atoms with Crippen molar-refractivity contribution in [1.29, 1.82) is 0 Å². The maximum atomic E-state index is 10.8. The van der Waals surface area contributed by atoms with Gasteiger partial charge in [-0.05, 0) is 0 Å². The summed E-state index contributed by atoms with van der Waals surface area (Å²) in [5.74, 6) is -0.434. The van der Waals surface area contributed by atoms with Crippen LogP contribution < -0.4 is 0 Å². The molecule has 1 rings (SSSR count). The van der Waals surface area contributed by atoms with Gasteiger partial charge in [0.25, 0.3) is 0 Å². The second kappa shape index (κ2) is 3.43. The molecule has 0 spiro atoms. The first-order chi connectivity index (χ1) is 5.27. The highest BCUT2D eigenvalue weighted by Crippen LogP contribution is 2.15. The van der Waals surface area contributed by atoms with E-state index in [0.717, 1.165) is 11.8 Å². The molecule has 0 atom stereocenters. The Bertz CT molecular complexity index is 258. The third-order valence-corrected chi connectivity index (χ3v) is 1.51. The van der Waals surface area contributed by atoms with Crippen LogP contribution in [0.1, 0.15) is 10.6 Å². The van der Waals surface area contributed by atoms with Crippen LogP contribution in [0.15, 0.2) is 15.6 Å². The van der Waals surface area contributed by atoms with Crippen LogP contribution in [0.3, 0.4) is 0 Å². The average Bonchev–Trinajstić information content (AvgIpc) is 2.50. The lowest BCUT2D eigenvalue weighted by atomic mass is 10.5. The van der Waals surface area contributed by atoms with E-state index in [9.17, 15) is 4.79 Å². The van der Waals surface area contributed by atoms with Crippen LogP contribution >= 0.6 is 11.8 Å². The zero-order valence-electron chi connectivity index (χ0n) is 5.86. The van der Waals surface area contributed by atoms with E-state index in [1.54, 1.807) is 0 Å². The molecule has 0 aliphatic rings. The Balaban J connectivity index is 2.80. The van der Waals surface area contributed by atoms with Gasteiger partial charge in [0.15, 0.2) is 0 Å². The highest BCUT2D eigenvalue weighted by Gasteiger charge is 2.11. The summed E-state index contributed by atoms with van der Waals surface area (Å²) in [6.45, 7) is 0. The van der Waals surface area contributed by atoms with Crippen molar-refractivity contribution in [2.45, 2.75) is 5.03 Å². The monoisotopic (exact) mass is 172 g/mol. The van der Waals surface area contributed by atoms with Crippen LogP contribution in [-0.2, 0) is 4.74 Å². The highest BCUT2D eigenvalue weighted by molar-refractivity contribution is 8.00. The van der Waals surface area contributed by atoms with Gasteiger partial charge in [-0.2, -0.15) is 0 Å². The van der Waals surface area contributed by atoms with Gasteiger partial charge in [0.05, 0.1) is 7.11 Å². The second-order valence-corrected chi connectivity index (χ2v) is 2.37. The lowest BCUT2D eigenvalue weighted by molar-refractivity contribution is 0.0554. The molecule has 0 aromatic carbocycles. The molecule has 0 saturated heterocycles. The molecule has 0 amide bonds. The van der Waals surface area contributed by atoms with Crippen molar-refractivity contribution in [3.63, 3.8) is 0 Å². The summed E-state index contributed by atoms with van der Waals surface area (Å²) >= 11 is 1.15. The number of aromatic nitrogens is 1. The minimum atomic E-state index is -0.530. The van der Waals surface area contributed by atoms with Crippen molar-refractivity contribution in [1.82, 2.24) is 5.16 Å². The van der Waals surface area contributed by atoms with Gasteiger partial charge >= 0.3 is 5.97 Å². The van der Waals surface area contributed by atoms with E-state index < -0.39 is 5.97 Å². The van der Waals surface area contributed by atoms with Gasteiger partial charge in [-0.25, -0.2) is 4.79 Å². The fourth-order valence-electron chi connectivity index (χ4n) is 0.524. The van der Waals surface area contributed by atoms with Crippen LogP contribution in [0.4, 0.5) is 0 Å². The molecule has 4 nitrogen and oxygen atoms in total. The smallest absolute Gasteiger partial charge is 0.376 e. The van der Waals surface area contributed by atoms with Gasteiger partial charge in [0.1, 0.15) is 5.03 Å². The number of esters is 1. The molecule has 0 bridgehead atoms. The molecule has 1 heterocycles. The van der Waals surface area contributed by atoms with E-state index in [1.807, 2.05) is 0 Å². The van der Waals surface area contributed by atoms with Crippen LogP contribution in [0, 0.1) is 6.26 Å². The normalized spacial score (nSPS) is 9.64. The van der Waals surface area contributed by atoms with Gasteiger partial charge in [0, 0.05) is 12.3 Å². The molecule has 0 aliphatic heterocycles. The second-order valence-electron chi connectivity index (χ2n) is 1.67. The first kappa shape index (κ1) is 8.13. The van der Waals surface area contributed by atoms with Gasteiger partial charge in [0.2, 0.25) is 5.76 Å². The number of hydrogen-bond acceptors (Lipinski definition) is 5. The van der Waals surface area contributed by atoms with Crippen molar-refractivity contribution in [2.75, 3.05) is 7.11 Å². The summed E-state index contributed by atoms with van der Waals surface area (Å²) in [7, 11) is 1.28. The van der Waals surface area contributed by atoms with Crippen LogP contribution in [-0.4, -0.2) is 18.2 Å². The fourth-order valence-corrected chi connectivity index (χ4v) is 0.804. The number of ether oxygens (including phenoxy) is 1. The Labute approximate surface area is 67.9 Å². The van der Waals surface area contributed by atoms with E-state index in [2.05, 4.69) is 20.7 Å². The third kappa shape index (κ3) is 1.74. The summed E-state index contributed by atoms with van der Waals surface area (Å²) in [5.41, 5.74) is 0. The van der Waals surface area contributed by atoms with Crippen molar-refractivity contribution in [3.05, 3.63) is 18.1 Å². The van der Waals surface area contributed by atoms with Gasteiger partial charge in [-0.15, -0.1) is 11.8 Å². The van der Waals surface area contributed by atoms with Crippen LogP contribution in [0.25, 0.3) is 0 Å². The molecular formula is C6H6NO3S. The Morgan fingerprint density at radius 1 is 1.91 bits per heavy atom. The average molecular weight is 172 g/mol. The minimum Gasteiger partial charge on any atom is -0.463 e. The molecule has 0 fully saturated rings. The molecule has 0 aliphatic carbocycles. The first-order valence-electron chi connectivity index (χ1n) is 2.75. The molecule has 1 aromatic rings. The third-order valence-electron chi connectivity index (χ3n) is 1.02. The van der Waals surface area contributed by atoms with E-state index in [4.69, 9.17) is 0 Å². The lowest BCUT2D eigenvalue weighted by Gasteiger charge is -1.88. The van der Waals surface area contributed by atoms with E-state index in [0.29, 0.717) is 5.03 Å². The zero-order chi connectivity index (χ0) is 8.27. The number of carbonyl (C=O) groups excluding carboxylic acids is 1.